The van der Waals surface area contributed by atoms with Gasteiger partial charge < -0.3 is 10.5 Å². The second-order valence-corrected chi connectivity index (χ2v) is 4.94. The van der Waals surface area contributed by atoms with E-state index >= 15 is 0 Å². The highest BCUT2D eigenvalue weighted by Crippen LogP contribution is 2.30. The molecule has 0 amide bonds. The van der Waals surface area contributed by atoms with Crippen LogP contribution in [0.1, 0.15) is 34.4 Å². The van der Waals surface area contributed by atoms with Gasteiger partial charge in [0.2, 0.25) is 0 Å². The molecule has 2 heteroatoms. The molecular weight excluding hydrogens is 234 g/mol. The molecule has 0 heterocycles. The van der Waals surface area contributed by atoms with Crippen LogP contribution >= 0.6 is 0 Å². The lowest BCUT2D eigenvalue weighted by Gasteiger charge is -2.24. The van der Waals surface area contributed by atoms with E-state index in [0.717, 1.165) is 11.1 Å². The van der Waals surface area contributed by atoms with Crippen LogP contribution in [0, 0.1) is 13.8 Å². The van der Waals surface area contributed by atoms with E-state index in [1.54, 1.807) is 7.11 Å². The zero-order valence-electron chi connectivity index (χ0n) is 11.8. The molecule has 0 saturated heterocycles. The van der Waals surface area contributed by atoms with Crippen LogP contribution in [0.15, 0.2) is 48.5 Å². The van der Waals surface area contributed by atoms with Crippen LogP contribution in [0.4, 0.5) is 0 Å². The number of aryl methyl sites for hydroxylation is 2. The van der Waals surface area contributed by atoms with Gasteiger partial charge >= 0.3 is 0 Å². The van der Waals surface area contributed by atoms with Crippen LogP contribution in [0.2, 0.25) is 0 Å². The highest BCUT2D eigenvalue weighted by atomic mass is 16.5. The maximum absolute atomic E-state index is 6.38. The standard InChI is InChI=1S/C17H21NO/c1-12-9-10-15(11-13(12)2)16(18)17(19-3)14-7-5-4-6-8-14/h4-11,16-17H,18H2,1-3H3. The van der Waals surface area contributed by atoms with Gasteiger partial charge in [0.05, 0.1) is 6.04 Å². The van der Waals surface area contributed by atoms with Crippen LogP contribution in [0.5, 0.6) is 0 Å². The number of rotatable bonds is 4. The molecule has 2 aromatic carbocycles. The van der Waals surface area contributed by atoms with Crippen molar-refractivity contribution in [1.29, 1.82) is 0 Å². The van der Waals surface area contributed by atoms with Gasteiger partial charge in [-0.1, -0.05) is 48.5 Å². The molecule has 19 heavy (non-hydrogen) atoms. The number of benzene rings is 2. The Balaban J connectivity index is 2.30. The van der Waals surface area contributed by atoms with Crippen LogP contribution in [0.25, 0.3) is 0 Å². The Bertz CT molecular complexity index is 536. The first-order chi connectivity index (χ1) is 9.13. The second kappa shape index (κ2) is 6.00. The molecule has 2 unspecified atom stereocenters. The average molecular weight is 255 g/mol. The van der Waals surface area contributed by atoms with Crippen molar-refractivity contribution in [2.45, 2.75) is 26.0 Å². The Morgan fingerprint density at radius 3 is 2.16 bits per heavy atom. The summed E-state index contributed by atoms with van der Waals surface area (Å²) in [5.74, 6) is 0. The highest BCUT2D eigenvalue weighted by Gasteiger charge is 2.21. The van der Waals surface area contributed by atoms with Gasteiger partial charge in [-0.3, -0.25) is 0 Å². The summed E-state index contributed by atoms with van der Waals surface area (Å²) in [6.07, 6.45) is -0.122. The highest BCUT2D eigenvalue weighted by molar-refractivity contribution is 5.33. The lowest BCUT2D eigenvalue weighted by Crippen LogP contribution is -2.21. The van der Waals surface area contributed by atoms with Crippen molar-refractivity contribution in [3.05, 3.63) is 70.8 Å². The first kappa shape index (κ1) is 13.8. The van der Waals surface area contributed by atoms with Crippen molar-refractivity contribution in [1.82, 2.24) is 0 Å². The Labute approximate surface area is 115 Å². The lowest BCUT2D eigenvalue weighted by molar-refractivity contribution is 0.0801. The van der Waals surface area contributed by atoms with Crippen LogP contribution in [-0.4, -0.2) is 7.11 Å². The van der Waals surface area contributed by atoms with E-state index in [0.29, 0.717) is 0 Å². The smallest absolute Gasteiger partial charge is 0.101 e. The normalized spacial score (nSPS) is 14.1. The SMILES string of the molecule is COC(c1ccccc1)C(N)c1ccc(C)c(C)c1. The Morgan fingerprint density at radius 1 is 0.895 bits per heavy atom. The molecule has 2 aromatic rings. The van der Waals surface area contributed by atoms with Crippen LogP contribution < -0.4 is 5.73 Å². The summed E-state index contributed by atoms with van der Waals surface area (Å²) < 4.78 is 5.60. The fraction of sp³-hybridized carbons (Fsp3) is 0.294. The molecule has 100 valence electrons. The quantitative estimate of drug-likeness (QED) is 0.904. The largest absolute Gasteiger partial charge is 0.375 e. The third-order valence-electron chi connectivity index (χ3n) is 3.62. The van der Waals surface area contributed by atoms with Gasteiger partial charge in [-0.25, -0.2) is 0 Å². The minimum Gasteiger partial charge on any atom is -0.375 e. The zero-order chi connectivity index (χ0) is 13.8. The molecule has 0 fully saturated rings. The summed E-state index contributed by atoms with van der Waals surface area (Å²) >= 11 is 0. The fourth-order valence-corrected chi connectivity index (χ4v) is 2.28. The summed E-state index contributed by atoms with van der Waals surface area (Å²) in [7, 11) is 1.71. The Morgan fingerprint density at radius 2 is 1.58 bits per heavy atom. The summed E-state index contributed by atoms with van der Waals surface area (Å²) in [5, 5.41) is 0. The molecule has 0 aliphatic heterocycles. The first-order valence-electron chi connectivity index (χ1n) is 6.54. The molecule has 0 aliphatic rings. The summed E-state index contributed by atoms with van der Waals surface area (Å²) in [6.45, 7) is 4.21. The summed E-state index contributed by atoms with van der Waals surface area (Å²) in [5.41, 5.74) is 11.1. The molecule has 2 rings (SSSR count). The molecule has 0 saturated carbocycles. The van der Waals surface area contributed by atoms with Crippen molar-refractivity contribution in [3.8, 4) is 0 Å². The number of nitrogens with two attached hydrogens (primary N) is 1. The minimum absolute atomic E-state index is 0.122. The molecule has 2 N–H and O–H groups in total. The van der Waals surface area contributed by atoms with E-state index in [9.17, 15) is 0 Å². The van der Waals surface area contributed by atoms with E-state index in [1.807, 2.05) is 18.2 Å². The van der Waals surface area contributed by atoms with E-state index in [4.69, 9.17) is 10.5 Å². The van der Waals surface area contributed by atoms with Crippen LogP contribution in [0.3, 0.4) is 0 Å². The molecule has 0 aliphatic carbocycles. The van der Waals surface area contributed by atoms with Crippen molar-refractivity contribution in [2.24, 2.45) is 5.73 Å². The van der Waals surface area contributed by atoms with Gasteiger partial charge in [-0.2, -0.15) is 0 Å². The van der Waals surface area contributed by atoms with Crippen molar-refractivity contribution in [2.75, 3.05) is 7.11 Å². The predicted molar refractivity (Wildman–Crippen MR) is 79.0 cm³/mol. The van der Waals surface area contributed by atoms with Gasteiger partial charge in [0.25, 0.3) is 0 Å². The summed E-state index contributed by atoms with van der Waals surface area (Å²) in [6, 6.07) is 16.3. The Hall–Kier alpha value is -1.64. The van der Waals surface area contributed by atoms with E-state index < -0.39 is 0 Å². The monoisotopic (exact) mass is 255 g/mol. The van der Waals surface area contributed by atoms with Gasteiger partial charge in [0.1, 0.15) is 6.10 Å². The number of methoxy groups -OCH3 is 1. The zero-order valence-corrected chi connectivity index (χ0v) is 11.8. The number of ether oxygens (including phenoxy) is 1. The molecule has 2 nitrogen and oxygen atoms in total. The lowest BCUT2D eigenvalue weighted by atomic mass is 9.94. The number of hydrogen-bond donors (Lipinski definition) is 1. The van der Waals surface area contributed by atoms with E-state index in [1.165, 1.54) is 11.1 Å². The second-order valence-electron chi connectivity index (χ2n) is 4.94. The average Bonchev–Trinajstić information content (AvgIpc) is 2.44. The number of hydrogen-bond acceptors (Lipinski definition) is 2. The first-order valence-corrected chi connectivity index (χ1v) is 6.54. The van der Waals surface area contributed by atoms with Crippen molar-refractivity contribution >= 4 is 0 Å². The maximum atomic E-state index is 6.38. The molecule has 0 radical (unpaired) electrons. The molecule has 2 atom stereocenters. The van der Waals surface area contributed by atoms with Gasteiger partial charge in [0, 0.05) is 7.11 Å². The van der Waals surface area contributed by atoms with Gasteiger partial charge in [0.15, 0.2) is 0 Å². The van der Waals surface area contributed by atoms with Crippen molar-refractivity contribution in [3.63, 3.8) is 0 Å². The fourth-order valence-electron chi connectivity index (χ4n) is 2.28. The molecule has 0 spiro atoms. The third kappa shape index (κ3) is 3.03. The van der Waals surface area contributed by atoms with Crippen molar-refractivity contribution < 1.29 is 4.74 Å². The minimum atomic E-state index is -0.160. The van der Waals surface area contributed by atoms with Crippen LogP contribution in [-0.2, 0) is 4.74 Å². The predicted octanol–water partition coefficient (Wildman–Crippen LogP) is 3.69. The third-order valence-corrected chi connectivity index (χ3v) is 3.62. The van der Waals surface area contributed by atoms with Gasteiger partial charge in [-0.05, 0) is 36.1 Å². The molecule has 0 aromatic heterocycles. The maximum Gasteiger partial charge on any atom is 0.101 e. The van der Waals surface area contributed by atoms with E-state index in [2.05, 4.69) is 44.2 Å². The van der Waals surface area contributed by atoms with E-state index in [-0.39, 0.29) is 12.1 Å². The molecule has 0 bridgehead atoms. The topological polar surface area (TPSA) is 35.2 Å². The molecular formula is C17H21NO. The summed E-state index contributed by atoms with van der Waals surface area (Å²) in [4.78, 5) is 0. The van der Waals surface area contributed by atoms with Gasteiger partial charge in [-0.15, -0.1) is 0 Å². The Kier molecular flexibility index (Phi) is 4.35.